The van der Waals surface area contributed by atoms with Gasteiger partial charge in [0.05, 0.1) is 12.5 Å². The van der Waals surface area contributed by atoms with Crippen molar-refractivity contribution in [3.8, 4) is 11.1 Å². The van der Waals surface area contributed by atoms with Gasteiger partial charge in [-0.15, -0.1) is 12.4 Å². The minimum absolute atomic E-state index is 0. The lowest BCUT2D eigenvalue weighted by atomic mass is 10.1. The summed E-state index contributed by atoms with van der Waals surface area (Å²) >= 11 is 6.10. The maximum Gasteiger partial charge on any atom is 0.0981 e. The summed E-state index contributed by atoms with van der Waals surface area (Å²) in [6.45, 7) is 0.505. The molecule has 2 N–H and O–H groups in total. The molecule has 0 saturated carbocycles. The highest BCUT2D eigenvalue weighted by Crippen LogP contribution is 2.28. The van der Waals surface area contributed by atoms with Gasteiger partial charge < -0.3 is 10.2 Å². The Balaban J connectivity index is 0.00000112. The van der Waals surface area contributed by atoms with E-state index in [-0.39, 0.29) is 12.4 Å². The highest BCUT2D eigenvalue weighted by molar-refractivity contribution is 6.33. The van der Waals surface area contributed by atoms with E-state index in [9.17, 15) is 0 Å². The lowest BCUT2D eigenvalue weighted by molar-refractivity contribution is 0.568. The highest BCUT2D eigenvalue weighted by Gasteiger charge is 2.04. The molecule has 0 unspecified atom stereocenters. The van der Waals surface area contributed by atoms with Gasteiger partial charge in [0.15, 0.2) is 0 Å². The molecule has 2 aromatic rings. The Morgan fingerprint density at radius 3 is 2.60 bits per heavy atom. The standard InChI is InChI=1S/C11H10ClNO.ClH/c12-11-5-8(6-13)1-2-10(11)9-3-4-14-7-9;/h1-5,7H,6,13H2;1H. The van der Waals surface area contributed by atoms with E-state index in [4.69, 9.17) is 21.8 Å². The molecule has 15 heavy (non-hydrogen) atoms. The molecule has 1 heterocycles. The molecule has 0 aliphatic heterocycles. The van der Waals surface area contributed by atoms with Gasteiger partial charge in [0.2, 0.25) is 0 Å². The van der Waals surface area contributed by atoms with Crippen LogP contribution in [0.5, 0.6) is 0 Å². The fourth-order valence-corrected chi connectivity index (χ4v) is 1.65. The van der Waals surface area contributed by atoms with Crippen LogP contribution in [0.15, 0.2) is 41.2 Å². The first kappa shape index (κ1) is 12.1. The van der Waals surface area contributed by atoms with Crippen molar-refractivity contribution in [1.29, 1.82) is 0 Å². The van der Waals surface area contributed by atoms with Crippen molar-refractivity contribution in [2.75, 3.05) is 0 Å². The van der Waals surface area contributed by atoms with E-state index in [1.165, 1.54) is 0 Å². The van der Waals surface area contributed by atoms with Crippen LogP contribution in [0.25, 0.3) is 11.1 Å². The first-order valence-corrected chi connectivity index (χ1v) is 4.70. The molecule has 1 aromatic heterocycles. The van der Waals surface area contributed by atoms with E-state index in [1.807, 2.05) is 24.3 Å². The monoisotopic (exact) mass is 243 g/mol. The number of nitrogens with two attached hydrogens (primary N) is 1. The number of rotatable bonds is 2. The second kappa shape index (κ2) is 5.21. The van der Waals surface area contributed by atoms with Gasteiger partial charge in [-0.25, -0.2) is 0 Å². The Kier molecular flexibility index (Phi) is 4.21. The predicted octanol–water partition coefficient (Wildman–Crippen LogP) is 3.48. The molecule has 0 atom stereocenters. The Bertz CT molecular complexity index is 426. The fraction of sp³-hybridized carbons (Fsp3) is 0.0909. The first-order valence-electron chi connectivity index (χ1n) is 4.32. The molecule has 0 spiro atoms. The molecule has 0 fully saturated rings. The summed E-state index contributed by atoms with van der Waals surface area (Å²) in [7, 11) is 0. The summed E-state index contributed by atoms with van der Waals surface area (Å²) in [5, 5.41) is 0.703. The zero-order chi connectivity index (χ0) is 9.97. The van der Waals surface area contributed by atoms with Crippen molar-refractivity contribution in [3.05, 3.63) is 47.4 Å². The summed E-state index contributed by atoms with van der Waals surface area (Å²) in [6, 6.07) is 7.68. The van der Waals surface area contributed by atoms with Crippen molar-refractivity contribution in [3.63, 3.8) is 0 Å². The number of furan rings is 1. The van der Waals surface area contributed by atoms with E-state index in [1.54, 1.807) is 12.5 Å². The summed E-state index contributed by atoms with van der Waals surface area (Å²) in [6.07, 6.45) is 3.30. The zero-order valence-electron chi connectivity index (χ0n) is 7.94. The minimum Gasteiger partial charge on any atom is -0.472 e. The quantitative estimate of drug-likeness (QED) is 0.878. The van der Waals surface area contributed by atoms with Gasteiger partial charge in [-0.2, -0.15) is 0 Å². The third-order valence-electron chi connectivity index (χ3n) is 2.10. The second-order valence-corrected chi connectivity index (χ2v) is 3.44. The van der Waals surface area contributed by atoms with Gasteiger partial charge >= 0.3 is 0 Å². The molecular weight excluding hydrogens is 233 g/mol. The van der Waals surface area contributed by atoms with Crippen LogP contribution < -0.4 is 5.73 Å². The first-order chi connectivity index (χ1) is 6.81. The van der Waals surface area contributed by atoms with Crippen LogP contribution in [0.2, 0.25) is 5.02 Å². The molecule has 1 aromatic carbocycles. The van der Waals surface area contributed by atoms with Crippen LogP contribution in [-0.4, -0.2) is 0 Å². The minimum atomic E-state index is 0. The Morgan fingerprint density at radius 2 is 2.07 bits per heavy atom. The summed E-state index contributed by atoms with van der Waals surface area (Å²) in [5.74, 6) is 0. The van der Waals surface area contributed by atoms with Crippen LogP contribution >= 0.6 is 24.0 Å². The molecular formula is C11H11Cl2NO. The van der Waals surface area contributed by atoms with Crippen molar-refractivity contribution >= 4 is 24.0 Å². The second-order valence-electron chi connectivity index (χ2n) is 3.03. The molecule has 0 aliphatic rings. The van der Waals surface area contributed by atoms with Crippen molar-refractivity contribution < 1.29 is 4.42 Å². The topological polar surface area (TPSA) is 39.2 Å². The molecule has 0 saturated heterocycles. The van der Waals surface area contributed by atoms with Crippen LogP contribution in [0.1, 0.15) is 5.56 Å². The van der Waals surface area contributed by atoms with Crippen LogP contribution in [0.4, 0.5) is 0 Å². The molecule has 0 aliphatic carbocycles. The molecule has 0 amide bonds. The third-order valence-corrected chi connectivity index (χ3v) is 2.41. The van der Waals surface area contributed by atoms with E-state index >= 15 is 0 Å². The van der Waals surface area contributed by atoms with Crippen LogP contribution in [-0.2, 0) is 6.54 Å². The Hall–Kier alpha value is -0.960. The maximum atomic E-state index is 6.10. The van der Waals surface area contributed by atoms with Gasteiger partial charge in [0.25, 0.3) is 0 Å². The fourth-order valence-electron chi connectivity index (χ4n) is 1.34. The zero-order valence-corrected chi connectivity index (χ0v) is 9.52. The maximum absolute atomic E-state index is 6.10. The largest absolute Gasteiger partial charge is 0.472 e. The van der Waals surface area contributed by atoms with Crippen molar-refractivity contribution in [1.82, 2.24) is 0 Å². The smallest absolute Gasteiger partial charge is 0.0981 e. The number of benzene rings is 1. The van der Waals surface area contributed by atoms with Crippen molar-refractivity contribution in [2.24, 2.45) is 5.73 Å². The van der Waals surface area contributed by atoms with Gasteiger partial charge in [0, 0.05) is 22.7 Å². The number of hydrogen-bond donors (Lipinski definition) is 1. The lowest BCUT2D eigenvalue weighted by Crippen LogP contribution is -1.95. The van der Waals surface area contributed by atoms with E-state index < -0.39 is 0 Å². The summed E-state index contributed by atoms with van der Waals surface area (Å²) in [4.78, 5) is 0. The average Bonchev–Trinajstić information content (AvgIpc) is 2.70. The van der Waals surface area contributed by atoms with E-state index in [2.05, 4.69) is 0 Å². The highest BCUT2D eigenvalue weighted by atomic mass is 35.5. The van der Waals surface area contributed by atoms with Crippen LogP contribution in [0.3, 0.4) is 0 Å². The molecule has 0 radical (unpaired) electrons. The third kappa shape index (κ3) is 2.53. The number of hydrogen-bond acceptors (Lipinski definition) is 2. The van der Waals surface area contributed by atoms with Crippen LogP contribution in [0, 0.1) is 0 Å². The predicted molar refractivity (Wildman–Crippen MR) is 64.3 cm³/mol. The van der Waals surface area contributed by atoms with Gasteiger partial charge in [0.1, 0.15) is 0 Å². The Labute approximate surface area is 99.4 Å². The SMILES string of the molecule is Cl.NCc1ccc(-c2ccoc2)c(Cl)c1. The number of halogens is 2. The normalized spacial score (nSPS) is 9.73. The average molecular weight is 244 g/mol. The molecule has 80 valence electrons. The molecule has 2 nitrogen and oxygen atoms in total. The van der Waals surface area contributed by atoms with Gasteiger partial charge in [-0.05, 0) is 17.7 Å². The van der Waals surface area contributed by atoms with Gasteiger partial charge in [-0.1, -0.05) is 23.7 Å². The molecule has 0 bridgehead atoms. The molecule has 2 rings (SSSR count). The summed E-state index contributed by atoms with van der Waals surface area (Å²) < 4.78 is 5.00. The summed E-state index contributed by atoms with van der Waals surface area (Å²) in [5.41, 5.74) is 8.49. The Morgan fingerprint density at radius 1 is 1.27 bits per heavy atom. The van der Waals surface area contributed by atoms with Gasteiger partial charge in [-0.3, -0.25) is 0 Å². The van der Waals surface area contributed by atoms with E-state index in [0.29, 0.717) is 11.6 Å². The van der Waals surface area contributed by atoms with Crippen molar-refractivity contribution in [2.45, 2.75) is 6.54 Å². The molecule has 4 heteroatoms. The van der Waals surface area contributed by atoms with E-state index in [0.717, 1.165) is 16.7 Å². The lowest BCUT2D eigenvalue weighted by Gasteiger charge is -2.03.